The van der Waals surface area contributed by atoms with Crippen LogP contribution < -0.4 is 15.5 Å². The number of amides is 2. The fourth-order valence-corrected chi connectivity index (χ4v) is 5.19. The number of carbonyl (C=O) groups is 2. The summed E-state index contributed by atoms with van der Waals surface area (Å²) in [6, 6.07) is 16.5. The molecule has 31 heavy (non-hydrogen) atoms. The fraction of sp³-hybridized carbons (Fsp3) is 0.280. The van der Waals surface area contributed by atoms with Gasteiger partial charge in [-0.05, 0) is 61.4 Å². The highest BCUT2D eigenvalue weighted by Crippen LogP contribution is 2.36. The zero-order chi connectivity index (χ0) is 22.0. The number of benzene rings is 2. The van der Waals surface area contributed by atoms with E-state index in [-0.39, 0.29) is 6.04 Å². The summed E-state index contributed by atoms with van der Waals surface area (Å²) in [6.07, 6.45) is 0.985. The van der Waals surface area contributed by atoms with Crippen LogP contribution in [0.5, 0.6) is 0 Å². The first kappa shape index (κ1) is 21.1. The maximum absolute atomic E-state index is 12.6. The number of hydrogen-bond acceptors (Lipinski definition) is 4. The van der Waals surface area contributed by atoms with E-state index >= 15 is 0 Å². The molecule has 6 heteroatoms. The Morgan fingerprint density at radius 2 is 1.77 bits per heavy atom. The molecule has 1 atom stereocenters. The van der Waals surface area contributed by atoms with Crippen LogP contribution in [0.15, 0.2) is 53.9 Å². The van der Waals surface area contributed by atoms with Gasteiger partial charge in [0, 0.05) is 29.3 Å². The molecule has 0 saturated heterocycles. The molecule has 160 valence electrons. The molecule has 0 fully saturated rings. The second-order valence-corrected chi connectivity index (χ2v) is 9.02. The molecule has 2 heterocycles. The number of carbonyl (C=O) groups excluding carboxylic acids is 2. The maximum atomic E-state index is 12.6. The summed E-state index contributed by atoms with van der Waals surface area (Å²) in [7, 11) is 0. The van der Waals surface area contributed by atoms with Crippen LogP contribution in [0.3, 0.4) is 0 Å². The first-order chi connectivity index (χ1) is 14.9. The number of para-hydroxylation sites is 1. The number of anilines is 2. The second-order valence-electron chi connectivity index (χ2n) is 8.04. The Labute approximate surface area is 187 Å². The van der Waals surface area contributed by atoms with Crippen molar-refractivity contribution in [2.75, 3.05) is 23.3 Å². The molecular weight excluding hydrogens is 406 g/mol. The van der Waals surface area contributed by atoms with Crippen molar-refractivity contribution in [1.82, 2.24) is 5.32 Å². The molecule has 2 N–H and O–H groups in total. The first-order valence-corrected chi connectivity index (χ1v) is 11.4. The van der Waals surface area contributed by atoms with Crippen molar-refractivity contribution in [3.8, 4) is 0 Å². The van der Waals surface area contributed by atoms with E-state index in [4.69, 9.17) is 0 Å². The number of rotatable bonds is 5. The zero-order valence-corrected chi connectivity index (χ0v) is 18.9. The number of fused-ring (bicyclic) bond motifs is 1. The standard InChI is InChI=1S/C25H27N3O2S/c1-16-13-17(2)23(18(3)14-16)27-25(30)24(29)26-15-21(22-9-6-12-31-22)28-11-10-19-7-4-5-8-20(19)28/h4-9,12-14,21H,10-11,15H2,1-3H3,(H,26,29)(H,27,30)/t21-/m0/s1. The van der Waals surface area contributed by atoms with Gasteiger partial charge in [-0.2, -0.15) is 0 Å². The van der Waals surface area contributed by atoms with Crippen LogP contribution in [0.1, 0.15) is 33.2 Å². The lowest BCUT2D eigenvalue weighted by Gasteiger charge is -2.30. The number of nitrogens with one attached hydrogen (secondary N) is 2. The number of hydrogen-bond donors (Lipinski definition) is 2. The molecular formula is C25H27N3O2S. The molecule has 3 aromatic rings. The van der Waals surface area contributed by atoms with Crippen molar-refractivity contribution >= 4 is 34.5 Å². The first-order valence-electron chi connectivity index (χ1n) is 10.5. The van der Waals surface area contributed by atoms with Crippen molar-refractivity contribution in [2.45, 2.75) is 33.2 Å². The number of nitrogens with zero attached hydrogens (tertiary/aromatic N) is 1. The van der Waals surface area contributed by atoms with E-state index in [1.165, 1.54) is 16.1 Å². The number of aryl methyl sites for hydroxylation is 3. The Morgan fingerprint density at radius 3 is 2.48 bits per heavy atom. The van der Waals surface area contributed by atoms with Gasteiger partial charge in [-0.15, -0.1) is 11.3 Å². The molecule has 0 bridgehead atoms. The van der Waals surface area contributed by atoms with Crippen molar-refractivity contribution in [3.63, 3.8) is 0 Å². The van der Waals surface area contributed by atoms with Crippen LogP contribution >= 0.6 is 11.3 Å². The summed E-state index contributed by atoms with van der Waals surface area (Å²) in [6.45, 7) is 7.15. The highest BCUT2D eigenvalue weighted by Gasteiger charge is 2.28. The predicted molar refractivity (Wildman–Crippen MR) is 127 cm³/mol. The molecule has 0 saturated carbocycles. The lowest BCUT2D eigenvalue weighted by molar-refractivity contribution is -0.136. The summed E-state index contributed by atoms with van der Waals surface area (Å²) in [5, 5.41) is 7.69. The minimum absolute atomic E-state index is 0.0109. The van der Waals surface area contributed by atoms with Gasteiger partial charge in [0.15, 0.2) is 0 Å². The van der Waals surface area contributed by atoms with Crippen LogP contribution in [-0.4, -0.2) is 24.9 Å². The lowest BCUT2D eigenvalue weighted by atomic mass is 10.1. The van der Waals surface area contributed by atoms with Crippen LogP contribution in [0, 0.1) is 20.8 Å². The van der Waals surface area contributed by atoms with Crippen LogP contribution in [0.4, 0.5) is 11.4 Å². The maximum Gasteiger partial charge on any atom is 0.313 e. The Morgan fingerprint density at radius 1 is 1.03 bits per heavy atom. The van der Waals surface area contributed by atoms with Gasteiger partial charge in [-0.25, -0.2) is 0 Å². The van der Waals surface area contributed by atoms with Crippen LogP contribution in [0.25, 0.3) is 0 Å². The Bertz CT molecular complexity index is 1080. The van der Waals surface area contributed by atoms with Gasteiger partial charge in [-0.1, -0.05) is 42.0 Å². The topological polar surface area (TPSA) is 61.4 Å². The molecule has 0 spiro atoms. The van der Waals surface area contributed by atoms with Crippen molar-refractivity contribution in [1.29, 1.82) is 0 Å². The Balaban J connectivity index is 1.47. The molecule has 1 aliphatic heterocycles. The van der Waals surface area contributed by atoms with E-state index in [9.17, 15) is 9.59 Å². The molecule has 4 rings (SSSR count). The lowest BCUT2D eigenvalue weighted by Crippen LogP contribution is -2.41. The summed E-state index contributed by atoms with van der Waals surface area (Å²) < 4.78 is 0. The van der Waals surface area contributed by atoms with E-state index < -0.39 is 11.8 Å². The van der Waals surface area contributed by atoms with Crippen molar-refractivity contribution in [3.05, 3.63) is 81.0 Å². The summed E-state index contributed by atoms with van der Waals surface area (Å²) in [4.78, 5) is 28.7. The van der Waals surface area contributed by atoms with E-state index in [0.717, 1.165) is 29.7 Å². The van der Waals surface area contributed by atoms with E-state index in [2.05, 4.69) is 39.8 Å². The highest BCUT2D eigenvalue weighted by molar-refractivity contribution is 7.10. The summed E-state index contributed by atoms with van der Waals surface area (Å²) >= 11 is 1.67. The molecule has 2 amide bonds. The smallest absolute Gasteiger partial charge is 0.313 e. The molecule has 0 aliphatic carbocycles. The summed E-state index contributed by atoms with van der Waals surface area (Å²) in [5.41, 5.74) is 6.24. The molecule has 5 nitrogen and oxygen atoms in total. The molecule has 1 aliphatic rings. The van der Waals surface area contributed by atoms with E-state index in [1.54, 1.807) is 11.3 Å². The largest absolute Gasteiger partial charge is 0.361 e. The van der Waals surface area contributed by atoms with Gasteiger partial charge in [0.1, 0.15) is 0 Å². The summed E-state index contributed by atoms with van der Waals surface area (Å²) in [5.74, 6) is -1.25. The van der Waals surface area contributed by atoms with Crippen molar-refractivity contribution < 1.29 is 9.59 Å². The highest BCUT2D eigenvalue weighted by atomic mass is 32.1. The fourth-order valence-electron chi connectivity index (χ4n) is 4.35. The van der Waals surface area contributed by atoms with Crippen molar-refractivity contribution in [2.24, 2.45) is 0 Å². The SMILES string of the molecule is Cc1cc(C)c(NC(=O)C(=O)NC[C@@H](c2cccs2)N2CCc3ccccc32)c(C)c1. The van der Waals surface area contributed by atoms with E-state index in [0.29, 0.717) is 12.2 Å². The Kier molecular flexibility index (Phi) is 6.09. The quantitative estimate of drug-likeness (QED) is 0.581. The third-order valence-electron chi connectivity index (χ3n) is 5.75. The van der Waals surface area contributed by atoms with Gasteiger partial charge in [0.05, 0.1) is 6.04 Å². The monoisotopic (exact) mass is 433 g/mol. The Hall–Kier alpha value is -3.12. The van der Waals surface area contributed by atoms with Gasteiger partial charge in [0.2, 0.25) is 0 Å². The minimum atomic E-state index is -0.637. The van der Waals surface area contributed by atoms with Gasteiger partial charge >= 0.3 is 11.8 Å². The van der Waals surface area contributed by atoms with Crippen LogP contribution in [0.2, 0.25) is 0 Å². The van der Waals surface area contributed by atoms with Gasteiger partial charge in [0.25, 0.3) is 0 Å². The van der Waals surface area contributed by atoms with E-state index in [1.807, 2.05) is 50.4 Å². The minimum Gasteiger partial charge on any atom is -0.361 e. The van der Waals surface area contributed by atoms with Gasteiger partial charge in [-0.3, -0.25) is 9.59 Å². The zero-order valence-electron chi connectivity index (χ0n) is 18.1. The molecule has 0 radical (unpaired) electrons. The number of thiophene rings is 1. The average Bonchev–Trinajstić information content (AvgIpc) is 3.41. The molecule has 2 aromatic carbocycles. The average molecular weight is 434 g/mol. The predicted octanol–water partition coefficient (Wildman–Crippen LogP) is 4.53. The third-order valence-corrected chi connectivity index (χ3v) is 6.72. The molecule has 1 aromatic heterocycles. The van der Waals surface area contributed by atoms with Gasteiger partial charge < -0.3 is 15.5 Å². The second kappa shape index (κ2) is 8.94. The third kappa shape index (κ3) is 4.49. The van der Waals surface area contributed by atoms with Crippen LogP contribution in [-0.2, 0) is 16.0 Å². The molecule has 0 unspecified atom stereocenters. The normalized spacial score (nSPS) is 13.6.